The van der Waals surface area contributed by atoms with Crippen LogP contribution in [-0.2, 0) is 4.74 Å². The van der Waals surface area contributed by atoms with E-state index in [9.17, 15) is 9.18 Å². The quantitative estimate of drug-likeness (QED) is 0.763. The van der Waals surface area contributed by atoms with Gasteiger partial charge in [-0.05, 0) is 6.42 Å². The molecule has 1 fully saturated rings. The summed E-state index contributed by atoms with van der Waals surface area (Å²) in [5.74, 6) is 0.124. The van der Waals surface area contributed by atoms with E-state index < -0.39 is 12.1 Å². The van der Waals surface area contributed by atoms with Crippen LogP contribution in [0.4, 0.5) is 10.2 Å². The topological polar surface area (TPSA) is 55.3 Å². The van der Waals surface area contributed by atoms with Crippen LogP contribution in [0.2, 0.25) is 0 Å². The number of anilines is 1. The molecule has 2 atom stereocenters. The molecule has 18 heavy (non-hydrogen) atoms. The summed E-state index contributed by atoms with van der Waals surface area (Å²) in [7, 11) is 1.29. The first kappa shape index (κ1) is 12.7. The largest absolute Gasteiger partial charge is 0.464 e. The van der Waals surface area contributed by atoms with Crippen molar-refractivity contribution in [2.45, 2.75) is 19.5 Å². The molecule has 2 unspecified atom stereocenters. The summed E-state index contributed by atoms with van der Waals surface area (Å²) >= 11 is 0. The second kappa shape index (κ2) is 5.29. The zero-order chi connectivity index (χ0) is 13.1. The minimum absolute atomic E-state index is 0.0482. The van der Waals surface area contributed by atoms with Crippen LogP contribution in [-0.4, -0.2) is 42.3 Å². The molecule has 0 radical (unpaired) electrons. The van der Waals surface area contributed by atoms with Gasteiger partial charge in [-0.2, -0.15) is 0 Å². The minimum atomic E-state index is -0.822. The third kappa shape index (κ3) is 2.42. The van der Waals surface area contributed by atoms with Gasteiger partial charge in [-0.1, -0.05) is 6.92 Å². The summed E-state index contributed by atoms with van der Waals surface area (Å²) in [6.07, 6.45) is 2.83. The molecule has 0 N–H and O–H groups in total. The highest BCUT2D eigenvalue weighted by atomic mass is 19.1. The van der Waals surface area contributed by atoms with Crippen LogP contribution in [0.25, 0.3) is 0 Å². The zero-order valence-corrected chi connectivity index (χ0v) is 10.5. The monoisotopic (exact) mass is 253 g/mol. The van der Waals surface area contributed by atoms with E-state index in [1.54, 1.807) is 0 Å². The van der Waals surface area contributed by atoms with Gasteiger partial charge in [0, 0.05) is 12.5 Å². The van der Waals surface area contributed by atoms with Gasteiger partial charge in [0.15, 0.2) is 5.69 Å². The van der Waals surface area contributed by atoms with Gasteiger partial charge in [0.25, 0.3) is 0 Å². The Bertz CT molecular complexity index is 424. The molecule has 2 heterocycles. The van der Waals surface area contributed by atoms with E-state index in [4.69, 9.17) is 0 Å². The molecule has 1 aliphatic rings. The van der Waals surface area contributed by atoms with Gasteiger partial charge in [0.05, 0.1) is 26.0 Å². The number of esters is 1. The number of halogens is 1. The molecule has 0 aromatic carbocycles. The first-order chi connectivity index (χ1) is 8.65. The second-order valence-corrected chi connectivity index (χ2v) is 4.34. The fraction of sp³-hybridized carbons (Fsp3) is 0.583. The van der Waals surface area contributed by atoms with Gasteiger partial charge >= 0.3 is 5.97 Å². The number of nitrogens with zero attached hydrogens (tertiary/aromatic N) is 3. The van der Waals surface area contributed by atoms with Crippen molar-refractivity contribution < 1.29 is 13.9 Å². The second-order valence-electron chi connectivity index (χ2n) is 4.34. The lowest BCUT2D eigenvalue weighted by Crippen LogP contribution is -2.22. The molecule has 0 amide bonds. The first-order valence-corrected chi connectivity index (χ1v) is 5.95. The molecule has 0 saturated carbocycles. The highest BCUT2D eigenvalue weighted by molar-refractivity contribution is 5.86. The Kier molecular flexibility index (Phi) is 3.74. The summed E-state index contributed by atoms with van der Waals surface area (Å²) in [5.41, 5.74) is 0.157. The summed E-state index contributed by atoms with van der Waals surface area (Å²) in [5, 5.41) is 0. The van der Waals surface area contributed by atoms with Gasteiger partial charge in [-0.25, -0.2) is 19.2 Å². The number of hydrogen-bond donors (Lipinski definition) is 0. The smallest absolute Gasteiger partial charge is 0.358 e. The third-order valence-electron chi connectivity index (χ3n) is 3.24. The van der Waals surface area contributed by atoms with Crippen LogP contribution >= 0.6 is 0 Å². The number of alkyl halides is 1. The van der Waals surface area contributed by atoms with Crippen LogP contribution in [0.1, 0.15) is 23.8 Å². The molecule has 1 aromatic rings. The number of aromatic nitrogens is 2. The fourth-order valence-corrected chi connectivity index (χ4v) is 2.10. The molecule has 0 bridgehead atoms. The Morgan fingerprint density at radius 1 is 1.50 bits per heavy atom. The van der Waals surface area contributed by atoms with Crippen molar-refractivity contribution in [2.24, 2.45) is 5.92 Å². The lowest BCUT2D eigenvalue weighted by molar-refractivity contribution is 0.0593. The van der Waals surface area contributed by atoms with Gasteiger partial charge in [0.2, 0.25) is 0 Å². The van der Waals surface area contributed by atoms with E-state index in [1.807, 2.05) is 11.8 Å². The van der Waals surface area contributed by atoms with Gasteiger partial charge < -0.3 is 9.64 Å². The zero-order valence-electron chi connectivity index (χ0n) is 10.5. The molecule has 6 heteroatoms. The number of carbonyl (C=O) groups excluding carboxylic acids is 1. The molecule has 1 aromatic heterocycles. The first-order valence-electron chi connectivity index (χ1n) is 5.95. The SMILES string of the molecule is CCC1CN(c2cnc(C(=O)OC)cn2)CC1F. The van der Waals surface area contributed by atoms with E-state index in [1.165, 1.54) is 19.5 Å². The Balaban J connectivity index is 2.09. The number of hydrogen-bond acceptors (Lipinski definition) is 5. The molecule has 5 nitrogen and oxygen atoms in total. The summed E-state index contributed by atoms with van der Waals surface area (Å²) in [6, 6.07) is 0. The van der Waals surface area contributed by atoms with Crippen molar-refractivity contribution in [1.29, 1.82) is 0 Å². The van der Waals surface area contributed by atoms with Crippen molar-refractivity contribution in [3.8, 4) is 0 Å². The van der Waals surface area contributed by atoms with E-state index >= 15 is 0 Å². The number of methoxy groups -OCH3 is 1. The minimum Gasteiger partial charge on any atom is -0.464 e. The highest BCUT2D eigenvalue weighted by Crippen LogP contribution is 2.26. The number of rotatable bonds is 3. The average molecular weight is 253 g/mol. The van der Waals surface area contributed by atoms with Gasteiger partial charge in [-0.3, -0.25) is 0 Å². The normalized spacial score (nSPS) is 23.2. The predicted molar refractivity (Wildman–Crippen MR) is 64.3 cm³/mol. The van der Waals surface area contributed by atoms with Crippen LogP contribution in [0, 0.1) is 5.92 Å². The van der Waals surface area contributed by atoms with E-state index in [2.05, 4.69) is 14.7 Å². The van der Waals surface area contributed by atoms with Gasteiger partial charge in [0.1, 0.15) is 12.0 Å². The standard InChI is InChI=1S/C12H16FN3O2/c1-3-8-6-16(7-9(8)13)11-5-14-10(4-15-11)12(17)18-2/h4-5,8-9H,3,6-7H2,1-2H3. The van der Waals surface area contributed by atoms with Crippen LogP contribution in [0.15, 0.2) is 12.4 Å². The summed E-state index contributed by atoms with van der Waals surface area (Å²) in [6.45, 7) is 2.96. The highest BCUT2D eigenvalue weighted by Gasteiger charge is 2.32. The maximum atomic E-state index is 13.6. The van der Waals surface area contributed by atoms with Crippen molar-refractivity contribution in [1.82, 2.24) is 9.97 Å². The van der Waals surface area contributed by atoms with Crippen molar-refractivity contribution in [3.63, 3.8) is 0 Å². The Labute approximate surface area is 105 Å². The molecule has 1 aliphatic heterocycles. The molecule has 0 spiro atoms. The van der Waals surface area contributed by atoms with Crippen LogP contribution < -0.4 is 4.90 Å². The Morgan fingerprint density at radius 3 is 2.78 bits per heavy atom. The van der Waals surface area contributed by atoms with E-state index in [0.29, 0.717) is 18.9 Å². The van der Waals surface area contributed by atoms with Crippen LogP contribution in [0.3, 0.4) is 0 Å². The molecule has 1 saturated heterocycles. The summed E-state index contributed by atoms with van der Waals surface area (Å²) in [4.78, 5) is 21.1. The van der Waals surface area contributed by atoms with Crippen molar-refractivity contribution in [2.75, 3.05) is 25.1 Å². The Hall–Kier alpha value is -1.72. The lowest BCUT2D eigenvalue weighted by atomic mass is 10.1. The van der Waals surface area contributed by atoms with E-state index in [-0.39, 0.29) is 11.6 Å². The van der Waals surface area contributed by atoms with Gasteiger partial charge in [-0.15, -0.1) is 0 Å². The number of ether oxygens (including phenoxy) is 1. The molecular formula is C12H16FN3O2. The van der Waals surface area contributed by atoms with Crippen molar-refractivity contribution in [3.05, 3.63) is 18.1 Å². The van der Waals surface area contributed by atoms with Crippen LogP contribution in [0.5, 0.6) is 0 Å². The lowest BCUT2D eigenvalue weighted by Gasteiger charge is -2.16. The third-order valence-corrected chi connectivity index (χ3v) is 3.24. The molecule has 0 aliphatic carbocycles. The van der Waals surface area contributed by atoms with E-state index in [0.717, 1.165) is 6.42 Å². The molecule has 2 rings (SSSR count). The Morgan fingerprint density at radius 2 is 2.28 bits per heavy atom. The summed E-state index contributed by atoms with van der Waals surface area (Å²) < 4.78 is 18.2. The molecule has 98 valence electrons. The maximum Gasteiger partial charge on any atom is 0.358 e. The maximum absolute atomic E-state index is 13.6. The number of carbonyl (C=O) groups is 1. The predicted octanol–water partition coefficient (Wildman–Crippen LogP) is 1.45. The average Bonchev–Trinajstić information content (AvgIpc) is 2.79. The van der Waals surface area contributed by atoms with Crippen molar-refractivity contribution >= 4 is 11.8 Å². The molecular weight excluding hydrogens is 237 g/mol. The fourth-order valence-electron chi connectivity index (χ4n) is 2.10.